The summed E-state index contributed by atoms with van der Waals surface area (Å²) < 4.78 is 16.9. The first kappa shape index (κ1) is 35.6. The van der Waals surface area contributed by atoms with E-state index in [2.05, 4.69) is 142 Å². The molecule has 0 aliphatic heterocycles. The number of anilines is 3. The Hall–Kier alpha value is -6.77. The Bertz CT molecular complexity index is 2930. The van der Waals surface area contributed by atoms with Gasteiger partial charge in [0.15, 0.2) is 0 Å². The molecule has 2 aliphatic rings. The van der Waals surface area contributed by atoms with Crippen LogP contribution < -0.4 is 4.90 Å². The monoisotopic (exact) mass is 749 g/mol. The zero-order valence-electron chi connectivity index (χ0n) is 33.3. The molecule has 0 unspecified atom stereocenters. The van der Waals surface area contributed by atoms with Crippen molar-refractivity contribution < 1.29 is 4.39 Å². The van der Waals surface area contributed by atoms with E-state index in [1.165, 1.54) is 39.0 Å². The summed E-state index contributed by atoms with van der Waals surface area (Å²) in [7, 11) is 0. The topological polar surface area (TPSA) is 3.24 Å². The van der Waals surface area contributed by atoms with E-state index in [9.17, 15) is 0 Å². The number of nitrogens with zero attached hydrogens (tertiary/aromatic N) is 1. The highest BCUT2D eigenvalue weighted by Crippen LogP contribution is 2.62. The maximum absolute atomic E-state index is 16.9. The van der Waals surface area contributed by atoms with Gasteiger partial charge in [0.2, 0.25) is 0 Å². The molecule has 0 aromatic heterocycles. The molecule has 1 nitrogen and oxygen atoms in total. The third-order valence-corrected chi connectivity index (χ3v) is 12.4. The molecule has 10 rings (SSSR count). The van der Waals surface area contributed by atoms with Gasteiger partial charge in [-0.05, 0) is 114 Å². The Balaban J connectivity index is 1.00. The molecule has 0 amide bonds. The number of para-hydroxylation sites is 1. The van der Waals surface area contributed by atoms with Gasteiger partial charge in [-0.15, -0.1) is 0 Å². The standard InChI is InChI=1S/C56H44FN/c1-55(2)49-23-15-14-22-46(49)52-53(55)47-31-27-38(33-50(47)56(52,3)4)25-24-37-26-28-42-34-45(30-29-41(42)32-37)58(44-20-12-7-13-21-44)54-48(40-18-10-6-11-19-40)35-43(36-51(54)57)39-16-8-5-9-17-39/h5-36H,1-4H3/b25-24+. The molecule has 2 heteroatoms. The summed E-state index contributed by atoms with van der Waals surface area (Å²) in [4.78, 5) is 2.06. The van der Waals surface area contributed by atoms with Crippen LogP contribution in [-0.2, 0) is 10.8 Å². The predicted molar refractivity (Wildman–Crippen MR) is 244 cm³/mol. The highest BCUT2D eigenvalue weighted by atomic mass is 19.1. The Morgan fingerprint density at radius 1 is 0.414 bits per heavy atom. The molecule has 8 aromatic rings. The summed E-state index contributed by atoms with van der Waals surface area (Å²) >= 11 is 0. The molecular formula is C56H44FN. The van der Waals surface area contributed by atoms with Crippen LogP contribution in [0.4, 0.5) is 21.5 Å². The van der Waals surface area contributed by atoms with Crippen LogP contribution in [0.5, 0.6) is 0 Å². The van der Waals surface area contributed by atoms with Gasteiger partial charge >= 0.3 is 0 Å². The molecule has 0 heterocycles. The van der Waals surface area contributed by atoms with Gasteiger partial charge in [0, 0.05) is 27.8 Å². The van der Waals surface area contributed by atoms with Crippen molar-refractivity contribution in [3.8, 4) is 22.3 Å². The Labute approximate surface area is 341 Å². The second-order valence-corrected chi connectivity index (χ2v) is 16.7. The highest BCUT2D eigenvalue weighted by molar-refractivity contribution is 6.09. The van der Waals surface area contributed by atoms with E-state index in [0.29, 0.717) is 5.69 Å². The minimum atomic E-state index is -0.284. The summed E-state index contributed by atoms with van der Waals surface area (Å²) in [5.41, 5.74) is 16.7. The SMILES string of the molecule is CC1(C)C2=C(c3ccccc31)C(C)(C)c1cc(/C=C/c3ccc4cc(N(c5ccccc5)c5c(F)cc(-c6ccccc6)cc5-c5ccccc5)ccc4c3)ccc12. The van der Waals surface area contributed by atoms with Gasteiger partial charge in [0.1, 0.15) is 5.82 Å². The van der Waals surface area contributed by atoms with Crippen LogP contribution in [-0.4, -0.2) is 0 Å². The Morgan fingerprint density at radius 2 is 0.966 bits per heavy atom. The molecule has 280 valence electrons. The van der Waals surface area contributed by atoms with Crippen molar-refractivity contribution in [3.63, 3.8) is 0 Å². The first-order valence-corrected chi connectivity index (χ1v) is 20.2. The van der Waals surface area contributed by atoms with Crippen molar-refractivity contribution in [2.75, 3.05) is 4.90 Å². The average Bonchev–Trinajstić information content (AvgIpc) is 3.65. The largest absolute Gasteiger partial charge is 0.307 e. The van der Waals surface area contributed by atoms with Gasteiger partial charge in [-0.25, -0.2) is 4.39 Å². The molecule has 0 N–H and O–H groups in total. The molecule has 0 radical (unpaired) electrons. The van der Waals surface area contributed by atoms with Gasteiger partial charge in [0.05, 0.1) is 5.69 Å². The van der Waals surface area contributed by atoms with Crippen LogP contribution in [0.15, 0.2) is 182 Å². The average molecular weight is 750 g/mol. The first-order chi connectivity index (χ1) is 28.2. The minimum absolute atomic E-state index is 0.0275. The molecule has 58 heavy (non-hydrogen) atoms. The summed E-state index contributed by atoms with van der Waals surface area (Å²) in [5, 5.41) is 2.21. The lowest BCUT2D eigenvalue weighted by Gasteiger charge is -2.29. The van der Waals surface area contributed by atoms with Gasteiger partial charge in [-0.3, -0.25) is 0 Å². The van der Waals surface area contributed by atoms with Crippen molar-refractivity contribution in [3.05, 3.63) is 221 Å². The lowest BCUT2D eigenvalue weighted by atomic mass is 9.75. The van der Waals surface area contributed by atoms with E-state index in [1.807, 2.05) is 78.9 Å². The number of halogens is 1. The van der Waals surface area contributed by atoms with Gasteiger partial charge in [-0.2, -0.15) is 0 Å². The van der Waals surface area contributed by atoms with Crippen molar-refractivity contribution in [1.29, 1.82) is 0 Å². The highest BCUT2D eigenvalue weighted by Gasteiger charge is 2.49. The molecule has 0 spiro atoms. The maximum Gasteiger partial charge on any atom is 0.148 e. The smallest absolute Gasteiger partial charge is 0.148 e. The number of hydrogen-bond acceptors (Lipinski definition) is 1. The number of fused-ring (bicyclic) bond motifs is 5. The number of allylic oxidation sites excluding steroid dienone is 2. The van der Waals surface area contributed by atoms with E-state index < -0.39 is 0 Å². The van der Waals surface area contributed by atoms with Crippen molar-refractivity contribution in [2.24, 2.45) is 0 Å². The summed E-state index contributed by atoms with van der Waals surface area (Å²) in [6.45, 7) is 9.51. The molecule has 0 fully saturated rings. The van der Waals surface area contributed by atoms with Crippen molar-refractivity contribution in [2.45, 2.75) is 38.5 Å². The fourth-order valence-electron chi connectivity index (χ4n) is 9.62. The van der Waals surface area contributed by atoms with Crippen LogP contribution in [0.1, 0.15) is 61.1 Å². The van der Waals surface area contributed by atoms with Gasteiger partial charge in [0.25, 0.3) is 0 Å². The lowest BCUT2D eigenvalue weighted by Crippen LogP contribution is -2.19. The van der Waals surface area contributed by atoms with Crippen LogP contribution in [0.25, 0.3) is 56.3 Å². The third-order valence-electron chi connectivity index (χ3n) is 12.4. The number of benzene rings is 8. The van der Waals surface area contributed by atoms with Crippen LogP contribution in [0, 0.1) is 5.82 Å². The molecule has 0 atom stereocenters. The van der Waals surface area contributed by atoms with Crippen LogP contribution >= 0.6 is 0 Å². The third kappa shape index (κ3) is 5.82. The Kier molecular flexibility index (Phi) is 8.42. The fraction of sp³-hybridized carbons (Fsp3) is 0.107. The summed E-state index contributed by atoms with van der Waals surface area (Å²) in [6, 6.07) is 63.0. The van der Waals surface area contributed by atoms with Crippen molar-refractivity contribution >= 4 is 51.1 Å². The normalized spacial score (nSPS) is 14.8. The predicted octanol–water partition coefficient (Wildman–Crippen LogP) is 15.4. The maximum atomic E-state index is 16.9. The molecular weight excluding hydrogens is 706 g/mol. The second kappa shape index (κ2) is 13.7. The van der Waals surface area contributed by atoms with Crippen molar-refractivity contribution in [1.82, 2.24) is 0 Å². The number of rotatable bonds is 7. The van der Waals surface area contributed by atoms with E-state index in [4.69, 9.17) is 0 Å². The second-order valence-electron chi connectivity index (χ2n) is 16.7. The van der Waals surface area contributed by atoms with Crippen LogP contribution in [0.2, 0.25) is 0 Å². The van der Waals surface area contributed by atoms with Gasteiger partial charge < -0.3 is 4.90 Å². The quantitative estimate of drug-likeness (QED) is 0.147. The molecule has 2 aliphatic carbocycles. The molecule has 8 aromatic carbocycles. The fourth-order valence-corrected chi connectivity index (χ4v) is 9.62. The van der Waals surface area contributed by atoms with E-state index in [-0.39, 0.29) is 16.6 Å². The summed E-state index contributed by atoms with van der Waals surface area (Å²) in [5.74, 6) is -0.284. The molecule has 0 saturated heterocycles. The van der Waals surface area contributed by atoms with E-state index in [0.717, 1.165) is 50.0 Å². The molecule has 0 bridgehead atoms. The van der Waals surface area contributed by atoms with Gasteiger partial charge in [-0.1, -0.05) is 179 Å². The number of hydrogen-bond donors (Lipinski definition) is 0. The van der Waals surface area contributed by atoms with E-state index in [1.54, 1.807) is 6.07 Å². The zero-order valence-corrected chi connectivity index (χ0v) is 33.3. The summed E-state index contributed by atoms with van der Waals surface area (Å²) in [6.07, 6.45) is 4.45. The minimum Gasteiger partial charge on any atom is -0.307 e. The lowest BCUT2D eigenvalue weighted by molar-refractivity contribution is 0.630. The Morgan fingerprint density at radius 3 is 1.69 bits per heavy atom. The zero-order chi connectivity index (χ0) is 39.6. The van der Waals surface area contributed by atoms with Crippen LogP contribution in [0.3, 0.4) is 0 Å². The molecule has 0 saturated carbocycles. The van der Waals surface area contributed by atoms with E-state index >= 15 is 4.39 Å². The first-order valence-electron chi connectivity index (χ1n) is 20.2.